The largest absolute Gasteiger partial charge is 0.372 e. The van der Waals surface area contributed by atoms with E-state index in [1.54, 1.807) is 0 Å². The number of nitrogens with zero attached hydrogens (tertiary/aromatic N) is 1. The van der Waals surface area contributed by atoms with Crippen LogP contribution in [-0.2, 0) is 0 Å². The Morgan fingerprint density at radius 1 is 0.938 bits per heavy atom. The lowest BCUT2D eigenvalue weighted by molar-refractivity contribution is 0.678. The molecule has 1 aromatic rings. The van der Waals surface area contributed by atoms with Crippen molar-refractivity contribution in [1.29, 1.82) is 0 Å². The van der Waals surface area contributed by atoms with E-state index in [0.717, 1.165) is 18.1 Å². The molecule has 0 aliphatic carbocycles. The van der Waals surface area contributed by atoms with Gasteiger partial charge in [-0.3, -0.25) is 0 Å². The number of benzene rings is 1. The Labute approximate surface area is 104 Å². The van der Waals surface area contributed by atoms with Crippen molar-refractivity contribution in [2.75, 3.05) is 18.0 Å². The Morgan fingerprint density at radius 3 is 1.88 bits per heavy atom. The zero-order valence-corrected chi connectivity index (χ0v) is 11.1. The van der Waals surface area contributed by atoms with Crippen LogP contribution >= 0.6 is 11.6 Å². The number of hydrogen-bond acceptors (Lipinski definition) is 1. The Balaban J connectivity index is 2.62. The Morgan fingerprint density at radius 2 is 1.44 bits per heavy atom. The first-order chi connectivity index (χ1) is 7.77. The molecule has 0 aliphatic heterocycles. The molecule has 1 rings (SSSR count). The van der Waals surface area contributed by atoms with Gasteiger partial charge in [-0.1, -0.05) is 38.3 Å². The molecule has 0 atom stereocenters. The fraction of sp³-hybridized carbons (Fsp3) is 0.571. The number of rotatable bonds is 7. The zero-order valence-electron chi connectivity index (χ0n) is 10.4. The summed E-state index contributed by atoms with van der Waals surface area (Å²) in [6.07, 6.45) is 5.01. The minimum absolute atomic E-state index is 0.815. The van der Waals surface area contributed by atoms with Crippen molar-refractivity contribution in [2.24, 2.45) is 0 Å². The maximum Gasteiger partial charge on any atom is 0.0407 e. The minimum atomic E-state index is 0.815. The highest BCUT2D eigenvalue weighted by atomic mass is 35.5. The van der Waals surface area contributed by atoms with Crippen molar-refractivity contribution >= 4 is 17.3 Å². The van der Waals surface area contributed by atoms with Gasteiger partial charge in [0.25, 0.3) is 0 Å². The fourth-order valence-electron chi connectivity index (χ4n) is 1.72. The van der Waals surface area contributed by atoms with Crippen LogP contribution in [0.3, 0.4) is 0 Å². The highest BCUT2D eigenvalue weighted by Gasteiger charge is 2.04. The van der Waals surface area contributed by atoms with Crippen LogP contribution in [0.15, 0.2) is 24.3 Å². The molecule has 0 N–H and O–H groups in total. The van der Waals surface area contributed by atoms with Gasteiger partial charge >= 0.3 is 0 Å². The van der Waals surface area contributed by atoms with E-state index < -0.39 is 0 Å². The third-order valence-corrected chi connectivity index (χ3v) is 3.01. The Bertz CT molecular complexity index is 273. The van der Waals surface area contributed by atoms with Crippen molar-refractivity contribution in [3.8, 4) is 0 Å². The summed E-state index contributed by atoms with van der Waals surface area (Å²) in [5.74, 6) is 0. The highest BCUT2D eigenvalue weighted by Crippen LogP contribution is 2.19. The van der Waals surface area contributed by atoms with Gasteiger partial charge in [-0.15, -0.1) is 0 Å². The molecule has 0 radical (unpaired) electrons. The number of halogens is 1. The van der Waals surface area contributed by atoms with Crippen molar-refractivity contribution in [2.45, 2.75) is 39.5 Å². The monoisotopic (exact) mass is 239 g/mol. The molecular formula is C14H22ClN. The average molecular weight is 240 g/mol. The summed E-state index contributed by atoms with van der Waals surface area (Å²) < 4.78 is 0. The second-order valence-electron chi connectivity index (χ2n) is 4.17. The number of unbranched alkanes of at least 4 members (excludes halogenated alkanes) is 2. The predicted octanol–water partition coefficient (Wildman–Crippen LogP) is 4.75. The summed E-state index contributed by atoms with van der Waals surface area (Å²) in [6.45, 7) is 6.77. The molecule has 0 bridgehead atoms. The molecule has 0 unspecified atom stereocenters. The van der Waals surface area contributed by atoms with Gasteiger partial charge in [0, 0.05) is 23.8 Å². The normalized spacial score (nSPS) is 10.4. The first-order valence-electron chi connectivity index (χ1n) is 6.28. The molecule has 16 heavy (non-hydrogen) atoms. The molecule has 2 heteroatoms. The molecule has 0 amide bonds. The van der Waals surface area contributed by atoms with E-state index in [2.05, 4.69) is 30.9 Å². The number of hydrogen-bond donors (Lipinski definition) is 0. The first kappa shape index (κ1) is 13.4. The molecule has 0 saturated heterocycles. The topological polar surface area (TPSA) is 3.24 Å². The third-order valence-electron chi connectivity index (χ3n) is 2.75. The molecule has 0 aromatic heterocycles. The van der Waals surface area contributed by atoms with Crippen LogP contribution in [0.1, 0.15) is 39.5 Å². The van der Waals surface area contributed by atoms with Crippen molar-refractivity contribution in [3.63, 3.8) is 0 Å². The maximum atomic E-state index is 5.91. The van der Waals surface area contributed by atoms with Crippen LogP contribution in [0.25, 0.3) is 0 Å². The van der Waals surface area contributed by atoms with E-state index in [4.69, 9.17) is 11.6 Å². The van der Waals surface area contributed by atoms with Crippen molar-refractivity contribution in [1.82, 2.24) is 0 Å². The summed E-state index contributed by atoms with van der Waals surface area (Å²) >= 11 is 5.91. The van der Waals surface area contributed by atoms with Crippen molar-refractivity contribution < 1.29 is 0 Å². The van der Waals surface area contributed by atoms with Crippen LogP contribution in [0, 0.1) is 0 Å². The molecule has 0 fully saturated rings. The SMILES string of the molecule is CCCCN(CCCC)c1ccc(Cl)cc1. The third kappa shape index (κ3) is 4.44. The lowest BCUT2D eigenvalue weighted by atomic mass is 10.2. The van der Waals surface area contributed by atoms with Gasteiger partial charge in [0.05, 0.1) is 0 Å². The summed E-state index contributed by atoms with van der Waals surface area (Å²) in [6, 6.07) is 8.19. The Hall–Kier alpha value is -0.690. The van der Waals surface area contributed by atoms with E-state index in [1.165, 1.54) is 31.4 Å². The predicted molar refractivity (Wildman–Crippen MR) is 73.5 cm³/mol. The van der Waals surface area contributed by atoms with Crippen LogP contribution in [-0.4, -0.2) is 13.1 Å². The fourth-order valence-corrected chi connectivity index (χ4v) is 1.85. The average Bonchev–Trinajstić information content (AvgIpc) is 2.31. The second-order valence-corrected chi connectivity index (χ2v) is 4.61. The van der Waals surface area contributed by atoms with Crippen LogP contribution in [0.2, 0.25) is 5.02 Å². The van der Waals surface area contributed by atoms with E-state index in [9.17, 15) is 0 Å². The summed E-state index contributed by atoms with van der Waals surface area (Å²) in [7, 11) is 0. The van der Waals surface area contributed by atoms with E-state index in [-0.39, 0.29) is 0 Å². The summed E-state index contributed by atoms with van der Waals surface area (Å²) in [4.78, 5) is 2.46. The smallest absolute Gasteiger partial charge is 0.0407 e. The molecule has 0 saturated carbocycles. The molecular weight excluding hydrogens is 218 g/mol. The van der Waals surface area contributed by atoms with Gasteiger partial charge in [0.1, 0.15) is 0 Å². The van der Waals surface area contributed by atoms with Crippen LogP contribution in [0.5, 0.6) is 0 Å². The van der Waals surface area contributed by atoms with E-state index >= 15 is 0 Å². The minimum Gasteiger partial charge on any atom is -0.372 e. The van der Waals surface area contributed by atoms with E-state index in [1.807, 2.05) is 12.1 Å². The van der Waals surface area contributed by atoms with E-state index in [0.29, 0.717) is 0 Å². The Kier molecular flexibility index (Phi) is 6.32. The van der Waals surface area contributed by atoms with Crippen LogP contribution in [0.4, 0.5) is 5.69 Å². The van der Waals surface area contributed by atoms with Gasteiger partial charge in [-0.05, 0) is 37.1 Å². The molecule has 0 heterocycles. The van der Waals surface area contributed by atoms with Gasteiger partial charge in [0.15, 0.2) is 0 Å². The second kappa shape index (κ2) is 7.56. The lowest BCUT2D eigenvalue weighted by Gasteiger charge is -2.24. The van der Waals surface area contributed by atoms with Gasteiger partial charge in [-0.2, -0.15) is 0 Å². The highest BCUT2D eigenvalue weighted by molar-refractivity contribution is 6.30. The first-order valence-corrected chi connectivity index (χ1v) is 6.66. The molecule has 0 spiro atoms. The quantitative estimate of drug-likeness (QED) is 0.664. The maximum absolute atomic E-state index is 5.91. The summed E-state index contributed by atoms with van der Waals surface area (Å²) in [5.41, 5.74) is 1.30. The summed E-state index contributed by atoms with van der Waals surface area (Å²) in [5, 5.41) is 0.815. The van der Waals surface area contributed by atoms with Gasteiger partial charge in [0.2, 0.25) is 0 Å². The molecule has 1 aromatic carbocycles. The molecule has 1 nitrogen and oxygen atoms in total. The van der Waals surface area contributed by atoms with Gasteiger partial charge in [-0.25, -0.2) is 0 Å². The standard InChI is InChI=1S/C14H22ClN/c1-3-5-11-16(12-6-4-2)14-9-7-13(15)8-10-14/h7-10H,3-6,11-12H2,1-2H3. The van der Waals surface area contributed by atoms with Gasteiger partial charge < -0.3 is 4.90 Å². The molecule has 0 aliphatic rings. The van der Waals surface area contributed by atoms with Crippen molar-refractivity contribution in [3.05, 3.63) is 29.3 Å². The lowest BCUT2D eigenvalue weighted by Crippen LogP contribution is -2.25. The number of anilines is 1. The molecule has 90 valence electrons. The zero-order chi connectivity index (χ0) is 11.8. The van der Waals surface area contributed by atoms with Crippen LogP contribution < -0.4 is 4.90 Å².